The Morgan fingerprint density at radius 3 is 2.62 bits per heavy atom. The van der Waals surface area contributed by atoms with Crippen molar-refractivity contribution in [3.8, 4) is 0 Å². The van der Waals surface area contributed by atoms with Gasteiger partial charge in [-0.3, -0.25) is 9.78 Å². The Morgan fingerprint density at radius 2 is 2.00 bits per heavy atom. The van der Waals surface area contributed by atoms with Crippen LogP contribution in [0, 0.1) is 0 Å². The highest BCUT2D eigenvalue weighted by atomic mass is 16.5. The summed E-state index contributed by atoms with van der Waals surface area (Å²) in [7, 11) is 0. The summed E-state index contributed by atoms with van der Waals surface area (Å²) in [6, 6.07) is 9.32. The van der Waals surface area contributed by atoms with Gasteiger partial charge >= 0.3 is 0 Å². The molecule has 2 atom stereocenters. The minimum Gasteiger partial charge on any atom is -0.372 e. The molecule has 0 bridgehead atoms. The van der Waals surface area contributed by atoms with Gasteiger partial charge in [0.2, 0.25) is 0 Å². The lowest BCUT2D eigenvalue weighted by Crippen LogP contribution is -2.45. The van der Waals surface area contributed by atoms with E-state index in [1.807, 2.05) is 24.3 Å². The predicted octanol–water partition coefficient (Wildman–Crippen LogP) is 2.02. The number of rotatable bonds is 4. The Bertz CT molecular complexity index is 665. The maximum absolute atomic E-state index is 12.2. The van der Waals surface area contributed by atoms with Crippen LogP contribution in [0.25, 0.3) is 0 Å². The predicted molar refractivity (Wildman–Crippen MR) is 91.9 cm³/mol. The van der Waals surface area contributed by atoms with E-state index in [0.717, 1.165) is 24.6 Å². The van der Waals surface area contributed by atoms with E-state index in [2.05, 4.69) is 34.0 Å². The zero-order chi connectivity index (χ0) is 16.9. The van der Waals surface area contributed by atoms with Crippen molar-refractivity contribution in [1.82, 2.24) is 15.3 Å². The van der Waals surface area contributed by atoms with Crippen LogP contribution in [0.2, 0.25) is 0 Å². The zero-order valence-corrected chi connectivity index (χ0v) is 14.0. The van der Waals surface area contributed by atoms with Crippen LogP contribution in [-0.2, 0) is 11.3 Å². The fourth-order valence-electron chi connectivity index (χ4n) is 2.85. The molecule has 0 saturated carbocycles. The molecule has 2 aromatic heterocycles. The molecule has 6 heteroatoms. The minimum absolute atomic E-state index is 0.150. The first-order valence-electron chi connectivity index (χ1n) is 8.16. The third-order valence-corrected chi connectivity index (χ3v) is 3.91. The average Bonchev–Trinajstić information content (AvgIpc) is 2.60. The molecule has 3 heterocycles. The van der Waals surface area contributed by atoms with Gasteiger partial charge in [-0.05, 0) is 38.1 Å². The van der Waals surface area contributed by atoms with E-state index in [4.69, 9.17) is 4.74 Å². The minimum atomic E-state index is -0.150. The van der Waals surface area contributed by atoms with E-state index < -0.39 is 0 Å². The summed E-state index contributed by atoms with van der Waals surface area (Å²) in [6.07, 6.45) is 3.68. The van der Waals surface area contributed by atoms with Gasteiger partial charge in [0.05, 0.1) is 30.0 Å². The number of amides is 1. The number of carbonyl (C=O) groups is 1. The van der Waals surface area contributed by atoms with Gasteiger partial charge in [0.15, 0.2) is 0 Å². The molecule has 6 nitrogen and oxygen atoms in total. The third kappa shape index (κ3) is 4.08. The molecule has 0 spiro atoms. The van der Waals surface area contributed by atoms with Crippen molar-refractivity contribution in [2.45, 2.75) is 32.6 Å². The van der Waals surface area contributed by atoms with E-state index in [9.17, 15) is 4.79 Å². The van der Waals surface area contributed by atoms with Crippen LogP contribution in [0.15, 0.2) is 42.7 Å². The van der Waals surface area contributed by atoms with Gasteiger partial charge in [-0.15, -0.1) is 0 Å². The van der Waals surface area contributed by atoms with E-state index in [1.165, 1.54) is 0 Å². The topological polar surface area (TPSA) is 67.4 Å². The number of hydrogen-bond acceptors (Lipinski definition) is 5. The Kier molecular flexibility index (Phi) is 5.05. The highest BCUT2D eigenvalue weighted by Gasteiger charge is 2.23. The van der Waals surface area contributed by atoms with Gasteiger partial charge in [0.1, 0.15) is 5.82 Å². The van der Waals surface area contributed by atoms with E-state index in [-0.39, 0.29) is 18.1 Å². The molecule has 1 amide bonds. The first kappa shape index (κ1) is 16.4. The van der Waals surface area contributed by atoms with Crippen molar-refractivity contribution in [3.05, 3.63) is 54.0 Å². The summed E-state index contributed by atoms with van der Waals surface area (Å²) >= 11 is 0. The van der Waals surface area contributed by atoms with Crippen molar-refractivity contribution in [3.63, 3.8) is 0 Å². The molecule has 2 aromatic rings. The number of morpholine rings is 1. The molecule has 1 fully saturated rings. The summed E-state index contributed by atoms with van der Waals surface area (Å²) in [5.41, 5.74) is 1.37. The van der Waals surface area contributed by atoms with Crippen LogP contribution < -0.4 is 10.2 Å². The molecule has 1 aliphatic rings. The molecular formula is C18H22N4O2. The fraction of sp³-hybridized carbons (Fsp3) is 0.389. The van der Waals surface area contributed by atoms with Crippen LogP contribution in [0.1, 0.15) is 29.9 Å². The Balaban J connectivity index is 1.60. The van der Waals surface area contributed by atoms with Crippen LogP contribution in [0.4, 0.5) is 5.82 Å². The molecule has 0 aliphatic carbocycles. The first-order valence-corrected chi connectivity index (χ1v) is 8.16. The lowest BCUT2D eigenvalue weighted by Gasteiger charge is -2.36. The summed E-state index contributed by atoms with van der Waals surface area (Å²) in [5, 5.41) is 2.85. The molecule has 3 rings (SSSR count). The number of carbonyl (C=O) groups excluding carboxylic acids is 1. The Morgan fingerprint density at radius 1 is 1.21 bits per heavy atom. The van der Waals surface area contributed by atoms with Crippen molar-refractivity contribution < 1.29 is 9.53 Å². The number of nitrogens with one attached hydrogen (secondary N) is 1. The fourth-order valence-corrected chi connectivity index (χ4v) is 2.85. The molecule has 1 aliphatic heterocycles. The number of pyridine rings is 2. The average molecular weight is 326 g/mol. The maximum Gasteiger partial charge on any atom is 0.253 e. The monoisotopic (exact) mass is 326 g/mol. The number of ether oxygens (including phenoxy) is 1. The molecule has 2 unspecified atom stereocenters. The molecule has 24 heavy (non-hydrogen) atoms. The smallest absolute Gasteiger partial charge is 0.253 e. The molecular weight excluding hydrogens is 304 g/mol. The highest BCUT2D eigenvalue weighted by Crippen LogP contribution is 2.18. The third-order valence-electron chi connectivity index (χ3n) is 3.91. The zero-order valence-electron chi connectivity index (χ0n) is 14.0. The first-order chi connectivity index (χ1) is 11.6. The van der Waals surface area contributed by atoms with E-state index >= 15 is 0 Å². The highest BCUT2D eigenvalue weighted by molar-refractivity contribution is 5.93. The van der Waals surface area contributed by atoms with E-state index in [0.29, 0.717) is 12.1 Å². The van der Waals surface area contributed by atoms with Gasteiger partial charge in [-0.2, -0.15) is 0 Å². The van der Waals surface area contributed by atoms with Crippen molar-refractivity contribution in [2.75, 3.05) is 18.0 Å². The van der Waals surface area contributed by atoms with Crippen molar-refractivity contribution >= 4 is 11.7 Å². The van der Waals surface area contributed by atoms with Crippen LogP contribution in [-0.4, -0.2) is 41.2 Å². The summed E-state index contributed by atoms with van der Waals surface area (Å²) in [6.45, 7) is 6.13. The molecule has 1 N–H and O–H groups in total. The number of nitrogens with zero attached hydrogens (tertiary/aromatic N) is 3. The largest absolute Gasteiger partial charge is 0.372 e. The van der Waals surface area contributed by atoms with Crippen molar-refractivity contribution in [2.24, 2.45) is 0 Å². The summed E-state index contributed by atoms with van der Waals surface area (Å²) in [4.78, 5) is 23.0. The quantitative estimate of drug-likeness (QED) is 0.931. The van der Waals surface area contributed by atoms with Crippen LogP contribution in [0.5, 0.6) is 0 Å². The van der Waals surface area contributed by atoms with Gasteiger partial charge in [-0.1, -0.05) is 6.07 Å². The maximum atomic E-state index is 12.2. The van der Waals surface area contributed by atoms with E-state index in [1.54, 1.807) is 18.5 Å². The van der Waals surface area contributed by atoms with Gasteiger partial charge in [0, 0.05) is 25.5 Å². The van der Waals surface area contributed by atoms with Crippen LogP contribution >= 0.6 is 0 Å². The lowest BCUT2D eigenvalue weighted by atomic mass is 10.2. The normalized spacial score (nSPS) is 20.7. The lowest BCUT2D eigenvalue weighted by molar-refractivity contribution is -0.00546. The second-order valence-electron chi connectivity index (χ2n) is 6.07. The SMILES string of the molecule is CC1CN(c2ccc(C(=O)NCc3ccccn3)cn2)CC(C)O1. The number of hydrogen-bond donors (Lipinski definition) is 1. The molecule has 1 saturated heterocycles. The van der Waals surface area contributed by atoms with Crippen LogP contribution in [0.3, 0.4) is 0 Å². The molecule has 0 aromatic carbocycles. The Labute approximate surface area is 141 Å². The summed E-state index contributed by atoms with van der Waals surface area (Å²) in [5.74, 6) is 0.724. The molecule has 126 valence electrons. The standard InChI is InChI=1S/C18H22N4O2/c1-13-11-22(12-14(2)24-13)17-7-6-15(9-20-17)18(23)21-10-16-5-3-4-8-19-16/h3-9,13-14H,10-12H2,1-2H3,(H,21,23). The Hall–Kier alpha value is -2.47. The molecule has 0 radical (unpaired) electrons. The van der Waals surface area contributed by atoms with Gasteiger partial charge in [0.25, 0.3) is 5.91 Å². The second kappa shape index (κ2) is 7.40. The van der Waals surface area contributed by atoms with Crippen molar-refractivity contribution in [1.29, 1.82) is 0 Å². The second-order valence-corrected chi connectivity index (χ2v) is 6.07. The number of aromatic nitrogens is 2. The van der Waals surface area contributed by atoms with Gasteiger partial charge < -0.3 is 15.0 Å². The number of anilines is 1. The summed E-state index contributed by atoms with van der Waals surface area (Å²) < 4.78 is 5.73. The van der Waals surface area contributed by atoms with Gasteiger partial charge in [-0.25, -0.2) is 4.98 Å².